The van der Waals surface area contributed by atoms with Gasteiger partial charge in [0.05, 0.1) is 17.9 Å². The maximum absolute atomic E-state index is 13.8. The van der Waals surface area contributed by atoms with E-state index in [4.69, 9.17) is 0 Å². The number of likely N-dealkylation sites (tertiary alicyclic amines) is 1. The largest absolute Gasteiger partial charge is 0.349 e. The standard InChI is InChI=1S/C19H22F2N2O3/c1-11(13-7-6-12(20)10-16(13)21)22-17(24)8-9-23-18(25)14-4-2-3-5-15(14)19(23)26/h6-7,10-11,14-15H,2-5,8-9H2,1H3,(H,22,24)/t11-,14-,15+/m1/s1. The number of amides is 3. The zero-order valence-electron chi connectivity index (χ0n) is 14.6. The lowest BCUT2D eigenvalue weighted by Crippen LogP contribution is -2.36. The van der Waals surface area contributed by atoms with Gasteiger partial charge in [0.15, 0.2) is 0 Å². The Morgan fingerprint density at radius 3 is 2.38 bits per heavy atom. The zero-order chi connectivity index (χ0) is 18.8. The number of fused-ring (bicyclic) bond motifs is 1. The summed E-state index contributed by atoms with van der Waals surface area (Å²) in [5.74, 6) is -2.62. The predicted octanol–water partition coefficient (Wildman–Crippen LogP) is 2.71. The summed E-state index contributed by atoms with van der Waals surface area (Å²) in [6.45, 7) is 1.63. The lowest BCUT2D eigenvalue weighted by Gasteiger charge is -2.19. The molecule has 3 atom stereocenters. The Bertz CT molecular complexity index is 713. The number of imide groups is 1. The molecular weight excluding hydrogens is 342 g/mol. The number of hydrogen-bond acceptors (Lipinski definition) is 3. The van der Waals surface area contributed by atoms with Gasteiger partial charge in [-0.2, -0.15) is 0 Å². The van der Waals surface area contributed by atoms with Crippen LogP contribution < -0.4 is 5.32 Å². The van der Waals surface area contributed by atoms with Crippen LogP contribution in [0.25, 0.3) is 0 Å². The monoisotopic (exact) mass is 364 g/mol. The van der Waals surface area contributed by atoms with E-state index in [-0.39, 0.29) is 42.2 Å². The fourth-order valence-corrected chi connectivity index (χ4v) is 3.91. The summed E-state index contributed by atoms with van der Waals surface area (Å²) in [5, 5.41) is 2.62. The molecule has 5 nitrogen and oxygen atoms in total. The molecule has 2 fully saturated rings. The maximum Gasteiger partial charge on any atom is 0.233 e. The lowest BCUT2D eigenvalue weighted by molar-refractivity contribution is -0.140. The minimum Gasteiger partial charge on any atom is -0.349 e. The van der Waals surface area contributed by atoms with E-state index in [2.05, 4.69) is 5.32 Å². The van der Waals surface area contributed by atoms with Crippen LogP contribution in [0.3, 0.4) is 0 Å². The normalized spacial score (nSPS) is 23.7. The van der Waals surface area contributed by atoms with Crippen LogP contribution in [0.1, 0.15) is 50.6 Å². The van der Waals surface area contributed by atoms with Gasteiger partial charge in [0.2, 0.25) is 17.7 Å². The Morgan fingerprint density at radius 1 is 1.19 bits per heavy atom. The average Bonchev–Trinajstić information content (AvgIpc) is 2.84. The predicted molar refractivity (Wildman–Crippen MR) is 89.7 cm³/mol. The first kappa shape index (κ1) is 18.5. The van der Waals surface area contributed by atoms with Crippen LogP contribution in [0, 0.1) is 23.5 Å². The molecule has 1 saturated heterocycles. The minimum atomic E-state index is -0.730. The summed E-state index contributed by atoms with van der Waals surface area (Å²) in [4.78, 5) is 38.1. The molecular formula is C19H22F2N2O3. The molecule has 0 spiro atoms. The van der Waals surface area contributed by atoms with Gasteiger partial charge in [-0.25, -0.2) is 8.78 Å². The Morgan fingerprint density at radius 2 is 1.81 bits per heavy atom. The van der Waals surface area contributed by atoms with E-state index in [9.17, 15) is 23.2 Å². The number of halogens is 2. The third-order valence-electron chi connectivity index (χ3n) is 5.30. The first-order valence-electron chi connectivity index (χ1n) is 8.98. The maximum atomic E-state index is 13.8. The lowest BCUT2D eigenvalue weighted by atomic mass is 9.81. The first-order chi connectivity index (χ1) is 12.4. The first-order valence-corrected chi connectivity index (χ1v) is 8.98. The van der Waals surface area contributed by atoms with Crippen LogP contribution in [-0.2, 0) is 14.4 Å². The summed E-state index contributed by atoms with van der Waals surface area (Å²) >= 11 is 0. The van der Waals surface area contributed by atoms with Crippen LogP contribution >= 0.6 is 0 Å². The van der Waals surface area contributed by atoms with E-state index >= 15 is 0 Å². The highest BCUT2D eigenvalue weighted by atomic mass is 19.1. The molecule has 1 N–H and O–H groups in total. The molecule has 3 rings (SSSR count). The number of benzene rings is 1. The van der Waals surface area contributed by atoms with Crippen molar-refractivity contribution in [3.63, 3.8) is 0 Å². The van der Waals surface area contributed by atoms with Crippen molar-refractivity contribution in [2.75, 3.05) is 6.54 Å². The molecule has 0 aromatic heterocycles. The second-order valence-corrected chi connectivity index (χ2v) is 7.03. The zero-order valence-corrected chi connectivity index (χ0v) is 14.6. The second-order valence-electron chi connectivity index (χ2n) is 7.03. The topological polar surface area (TPSA) is 66.5 Å². The van der Waals surface area contributed by atoms with Crippen molar-refractivity contribution >= 4 is 17.7 Å². The fourth-order valence-electron chi connectivity index (χ4n) is 3.91. The number of nitrogens with one attached hydrogen (secondary N) is 1. The van der Waals surface area contributed by atoms with E-state index in [0.29, 0.717) is 0 Å². The SMILES string of the molecule is C[C@@H](NC(=O)CCN1C(=O)[C@H]2CCCC[C@H]2C1=O)c1ccc(F)cc1F. The summed E-state index contributed by atoms with van der Waals surface area (Å²) in [6.07, 6.45) is 3.34. The smallest absolute Gasteiger partial charge is 0.233 e. The van der Waals surface area contributed by atoms with Gasteiger partial charge in [0, 0.05) is 24.6 Å². The van der Waals surface area contributed by atoms with Crippen LogP contribution in [0.4, 0.5) is 8.78 Å². The van der Waals surface area contributed by atoms with Gasteiger partial charge in [-0.05, 0) is 25.8 Å². The van der Waals surface area contributed by atoms with Crippen molar-refractivity contribution in [2.24, 2.45) is 11.8 Å². The Kier molecular flexibility index (Phi) is 5.34. The molecule has 1 aromatic rings. The summed E-state index contributed by atoms with van der Waals surface area (Å²) in [7, 11) is 0. The molecule has 1 saturated carbocycles. The Hall–Kier alpha value is -2.31. The molecule has 2 aliphatic rings. The van der Waals surface area contributed by atoms with Crippen molar-refractivity contribution in [3.05, 3.63) is 35.4 Å². The summed E-state index contributed by atoms with van der Waals surface area (Å²) in [5.41, 5.74) is 0.180. The second kappa shape index (κ2) is 7.51. The highest BCUT2D eigenvalue weighted by Gasteiger charge is 2.47. The highest BCUT2D eigenvalue weighted by Crippen LogP contribution is 2.37. The molecule has 140 valence electrons. The van der Waals surface area contributed by atoms with Gasteiger partial charge in [-0.15, -0.1) is 0 Å². The van der Waals surface area contributed by atoms with Crippen LogP contribution in [0.5, 0.6) is 0 Å². The van der Waals surface area contributed by atoms with E-state index in [0.717, 1.165) is 37.8 Å². The van der Waals surface area contributed by atoms with Crippen molar-refractivity contribution in [1.82, 2.24) is 10.2 Å². The quantitative estimate of drug-likeness (QED) is 0.817. The van der Waals surface area contributed by atoms with E-state index in [1.54, 1.807) is 6.92 Å². The molecule has 7 heteroatoms. The molecule has 26 heavy (non-hydrogen) atoms. The molecule has 0 bridgehead atoms. The minimum absolute atomic E-state index is 0.0368. The molecule has 1 aliphatic heterocycles. The van der Waals surface area contributed by atoms with Crippen molar-refractivity contribution in [3.8, 4) is 0 Å². The number of carbonyl (C=O) groups is 3. The molecule has 1 heterocycles. The van der Waals surface area contributed by atoms with Gasteiger partial charge in [0.1, 0.15) is 11.6 Å². The van der Waals surface area contributed by atoms with Crippen molar-refractivity contribution in [2.45, 2.75) is 45.1 Å². The Balaban J connectivity index is 1.55. The van der Waals surface area contributed by atoms with Crippen molar-refractivity contribution < 1.29 is 23.2 Å². The summed E-state index contributed by atoms with van der Waals surface area (Å²) < 4.78 is 26.7. The van der Waals surface area contributed by atoms with Crippen molar-refractivity contribution in [1.29, 1.82) is 0 Å². The number of nitrogens with zero attached hydrogens (tertiary/aromatic N) is 1. The molecule has 3 amide bonds. The number of rotatable bonds is 5. The highest BCUT2D eigenvalue weighted by molar-refractivity contribution is 6.05. The molecule has 1 aromatic carbocycles. The van der Waals surface area contributed by atoms with E-state index in [1.165, 1.54) is 11.0 Å². The number of hydrogen-bond donors (Lipinski definition) is 1. The number of carbonyl (C=O) groups excluding carboxylic acids is 3. The van der Waals surface area contributed by atoms with Crippen LogP contribution in [0.15, 0.2) is 18.2 Å². The van der Waals surface area contributed by atoms with E-state index < -0.39 is 23.6 Å². The van der Waals surface area contributed by atoms with Gasteiger partial charge in [-0.1, -0.05) is 18.9 Å². The third kappa shape index (κ3) is 3.61. The van der Waals surface area contributed by atoms with Gasteiger partial charge in [-0.3, -0.25) is 19.3 Å². The average molecular weight is 364 g/mol. The molecule has 0 radical (unpaired) electrons. The summed E-state index contributed by atoms with van der Waals surface area (Å²) in [6, 6.07) is 2.54. The Labute approximate surface area is 150 Å². The van der Waals surface area contributed by atoms with Crippen LogP contribution in [0.2, 0.25) is 0 Å². The van der Waals surface area contributed by atoms with Crippen LogP contribution in [-0.4, -0.2) is 29.2 Å². The third-order valence-corrected chi connectivity index (χ3v) is 5.30. The van der Waals surface area contributed by atoms with Gasteiger partial charge >= 0.3 is 0 Å². The molecule has 1 aliphatic carbocycles. The fraction of sp³-hybridized carbons (Fsp3) is 0.526. The van der Waals surface area contributed by atoms with Gasteiger partial charge < -0.3 is 5.32 Å². The van der Waals surface area contributed by atoms with E-state index in [1.807, 2.05) is 0 Å². The van der Waals surface area contributed by atoms with Gasteiger partial charge in [0.25, 0.3) is 0 Å². The molecule has 0 unspecified atom stereocenters.